The van der Waals surface area contributed by atoms with Crippen LogP contribution in [0.3, 0.4) is 0 Å². The summed E-state index contributed by atoms with van der Waals surface area (Å²) in [6.45, 7) is 5.38. The number of hydrogen-bond acceptors (Lipinski definition) is 4. The number of hydrogen-bond donors (Lipinski definition) is 1. The normalized spacial score (nSPS) is 21.3. The summed E-state index contributed by atoms with van der Waals surface area (Å²) in [4.78, 5) is 2.36. The quantitative estimate of drug-likeness (QED) is 0.923. The number of aromatic nitrogens is 2. The highest BCUT2D eigenvalue weighted by Gasteiger charge is 2.23. The predicted octanol–water partition coefficient (Wildman–Crippen LogP) is 1.42. The molecule has 1 aromatic heterocycles. The van der Waals surface area contributed by atoms with E-state index < -0.39 is 0 Å². The van der Waals surface area contributed by atoms with Crippen molar-refractivity contribution in [3.8, 4) is 5.69 Å². The monoisotopic (exact) mass is 286 g/mol. The highest BCUT2D eigenvalue weighted by molar-refractivity contribution is 5.30. The summed E-state index contributed by atoms with van der Waals surface area (Å²) < 4.78 is 7.61. The molecule has 1 aliphatic rings. The fourth-order valence-corrected chi connectivity index (χ4v) is 2.59. The molecule has 2 atom stereocenters. The van der Waals surface area contributed by atoms with Crippen molar-refractivity contribution in [3.63, 3.8) is 0 Å². The number of ether oxygens (including phenoxy) is 1. The van der Waals surface area contributed by atoms with Gasteiger partial charge in [0.2, 0.25) is 0 Å². The Labute approximate surface area is 125 Å². The van der Waals surface area contributed by atoms with E-state index in [0.717, 1.165) is 37.6 Å². The predicted molar refractivity (Wildman–Crippen MR) is 82.2 cm³/mol. The summed E-state index contributed by atoms with van der Waals surface area (Å²) in [5, 5.41) is 4.65. The van der Waals surface area contributed by atoms with Crippen LogP contribution in [0.25, 0.3) is 5.69 Å². The number of nitrogens with two attached hydrogens (primary N) is 1. The van der Waals surface area contributed by atoms with E-state index >= 15 is 0 Å². The zero-order valence-electron chi connectivity index (χ0n) is 12.4. The second-order valence-corrected chi connectivity index (χ2v) is 5.59. The van der Waals surface area contributed by atoms with Gasteiger partial charge in [-0.1, -0.05) is 18.2 Å². The van der Waals surface area contributed by atoms with Crippen molar-refractivity contribution >= 4 is 0 Å². The van der Waals surface area contributed by atoms with Crippen molar-refractivity contribution in [2.24, 2.45) is 5.73 Å². The van der Waals surface area contributed by atoms with Crippen LogP contribution in [0, 0.1) is 0 Å². The lowest BCUT2D eigenvalue weighted by molar-refractivity contribution is -0.0407. The summed E-state index contributed by atoms with van der Waals surface area (Å²) in [6.07, 6.45) is 2.13. The molecular weight excluding hydrogens is 264 g/mol. The van der Waals surface area contributed by atoms with Crippen LogP contribution < -0.4 is 5.73 Å². The maximum atomic E-state index is 5.93. The standard InChI is InChI=1S/C16H22N4O/c1-13(17)16-12-19(9-10-21-16)11-14-7-8-20(18-14)15-5-3-2-4-6-15/h2-8,13,16H,9-12,17H2,1H3. The van der Waals surface area contributed by atoms with Crippen LogP contribution in [0.5, 0.6) is 0 Å². The minimum Gasteiger partial charge on any atom is -0.374 e. The molecule has 0 amide bonds. The third-order valence-corrected chi connectivity index (χ3v) is 3.81. The molecule has 0 saturated carbocycles. The molecule has 0 radical (unpaired) electrons. The largest absolute Gasteiger partial charge is 0.374 e. The Morgan fingerprint density at radius 3 is 2.90 bits per heavy atom. The molecule has 0 bridgehead atoms. The van der Waals surface area contributed by atoms with Crippen LogP contribution in [-0.2, 0) is 11.3 Å². The van der Waals surface area contributed by atoms with Crippen molar-refractivity contribution in [1.29, 1.82) is 0 Å². The second kappa shape index (κ2) is 6.39. The molecule has 112 valence electrons. The van der Waals surface area contributed by atoms with Gasteiger partial charge in [0.25, 0.3) is 0 Å². The van der Waals surface area contributed by atoms with Crippen LogP contribution in [0.4, 0.5) is 0 Å². The Hall–Kier alpha value is -1.69. The fraction of sp³-hybridized carbons (Fsp3) is 0.438. The number of para-hydroxylation sites is 1. The molecule has 2 unspecified atom stereocenters. The van der Waals surface area contributed by atoms with Crippen molar-refractivity contribution < 1.29 is 4.74 Å². The van der Waals surface area contributed by atoms with Gasteiger partial charge >= 0.3 is 0 Å². The molecule has 2 N–H and O–H groups in total. The molecule has 1 fully saturated rings. The molecule has 0 aliphatic carbocycles. The van der Waals surface area contributed by atoms with Gasteiger partial charge in [-0.2, -0.15) is 5.10 Å². The minimum absolute atomic E-state index is 0.0645. The lowest BCUT2D eigenvalue weighted by Crippen LogP contribution is -2.49. The van der Waals surface area contributed by atoms with Crippen LogP contribution in [0.1, 0.15) is 12.6 Å². The first-order valence-electron chi connectivity index (χ1n) is 7.42. The van der Waals surface area contributed by atoms with E-state index in [9.17, 15) is 0 Å². The fourth-order valence-electron chi connectivity index (χ4n) is 2.59. The maximum Gasteiger partial charge on any atom is 0.0850 e. The average Bonchev–Trinajstić information content (AvgIpc) is 2.97. The third kappa shape index (κ3) is 3.50. The first-order valence-corrected chi connectivity index (χ1v) is 7.42. The molecule has 2 aromatic rings. The number of rotatable bonds is 4. The van der Waals surface area contributed by atoms with Gasteiger partial charge in [0.05, 0.1) is 24.1 Å². The van der Waals surface area contributed by atoms with Crippen LogP contribution in [-0.4, -0.2) is 46.5 Å². The summed E-state index contributed by atoms with van der Waals surface area (Å²) >= 11 is 0. The second-order valence-electron chi connectivity index (χ2n) is 5.59. The van der Waals surface area contributed by atoms with E-state index in [2.05, 4.69) is 28.2 Å². The maximum absolute atomic E-state index is 5.93. The Morgan fingerprint density at radius 2 is 2.14 bits per heavy atom. The highest BCUT2D eigenvalue weighted by Crippen LogP contribution is 2.12. The first-order chi connectivity index (χ1) is 10.2. The minimum atomic E-state index is 0.0645. The summed E-state index contributed by atoms with van der Waals surface area (Å²) in [5.74, 6) is 0. The van der Waals surface area contributed by atoms with Crippen molar-refractivity contribution in [2.75, 3.05) is 19.7 Å². The highest BCUT2D eigenvalue weighted by atomic mass is 16.5. The Balaban J connectivity index is 1.65. The third-order valence-electron chi connectivity index (χ3n) is 3.81. The summed E-state index contributed by atoms with van der Waals surface area (Å²) in [7, 11) is 0. The van der Waals surface area contributed by atoms with Crippen LogP contribution >= 0.6 is 0 Å². The van der Waals surface area contributed by atoms with Gasteiger partial charge < -0.3 is 10.5 Å². The smallest absolute Gasteiger partial charge is 0.0850 e. The molecule has 1 aliphatic heterocycles. The molecule has 5 nitrogen and oxygen atoms in total. The first kappa shape index (κ1) is 14.3. The molecule has 21 heavy (non-hydrogen) atoms. The van der Waals surface area contributed by atoms with E-state index in [4.69, 9.17) is 10.5 Å². The molecule has 3 rings (SSSR count). The lowest BCUT2D eigenvalue weighted by atomic mass is 10.1. The molecule has 5 heteroatoms. The van der Waals surface area contributed by atoms with Gasteiger partial charge in [-0.25, -0.2) is 4.68 Å². The molecular formula is C16H22N4O. The Kier molecular flexibility index (Phi) is 4.34. The van der Waals surface area contributed by atoms with Gasteiger partial charge in [0.1, 0.15) is 0 Å². The van der Waals surface area contributed by atoms with Gasteiger partial charge in [-0.3, -0.25) is 4.90 Å². The number of benzene rings is 1. The summed E-state index contributed by atoms with van der Waals surface area (Å²) in [5.41, 5.74) is 8.09. The van der Waals surface area contributed by atoms with E-state index in [-0.39, 0.29) is 12.1 Å². The van der Waals surface area contributed by atoms with Gasteiger partial charge in [0.15, 0.2) is 0 Å². The van der Waals surface area contributed by atoms with Gasteiger partial charge in [-0.15, -0.1) is 0 Å². The number of morpholine rings is 1. The van der Waals surface area contributed by atoms with E-state index in [1.54, 1.807) is 0 Å². The average molecular weight is 286 g/mol. The molecule has 0 spiro atoms. The molecule has 1 aromatic carbocycles. The summed E-state index contributed by atoms with van der Waals surface area (Å²) in [6, 6.07) is 12.3. The molecule has 1 saturated heterocycles. The zero-order chi connectivity index (χ0) is 14.7. The van der Waals surface area contributed by atoms with Crippen LogP contribution in [0.15, 0.2) is 42.6 Å². The van der Waals surface area contributed by atoms with E-state index in [1.807, 2.05) is 36.0 Å². The number of nitrogens with zero attached hydrogens (tertiary/aromatic N) is 3. The molecule has 2 heterocycles. The zero-order valence-corrected chi connectivity index (χ0v) is 12.4. The van der Waals surface area contributed by atoms with E-state index in [0.29, 0.717) is 0 Å². The van der Waals surface area contributed by atoms with Crippen molar-refractivity contribution in [2.45, 2.75) is 25.6 Å². The lowest BCUT2D eigenvalue weighted by Gasteiger charge is -2.34. The van der Waals surface area contributed by atoms with Gasteiger partial charge in [0, 0.05) is 31.9 Å². The Bertz CT molecular complexity index is 567. The van der Waals surface area contributed by atoms with Crippen LogP contribution in [0.2, 0.25) is 0 Å². The van der Waals surface area contributed by atoms with Crippen molar-refractivity contribution in [1.82, 2.24) is 14.7 Å². The van der Waals surface area contributed by atoms with E-state index in [1.165, 1.54) is 0 Å². The topological polar surface area (TPSA) is 56.3 Å². The van der Waals surface area contributed by atoms with Gasteiger partial charge in [-0.05, 0) is 25.1 Å². The Morgan fingerprint density at radius 1 is 1.33 bits per heavy atom. The van der Waals surface area contributed by atoms with Crippen molar-refractivity contribution in [3.05, 3.63) is 48.3 Å². The SMILES string of the molecule is CC(N)C1CN(Cc2ccn(-c3ccccc3)n2)CCO1.